The number of hydrogen-bond acceptors (Lipinski definition) is 4. The lowest BCUT2D eigenvalue weighted by Crippen LogP contribution is -2.55. The van der Waals surface area contributed by atoms with E-state index >= 15 is 0 Å². The SMILES string of the molecule is CN(Cc1ccccc1Br)C1(CN)CCS(=O)(=O)CC1. The molecule has 0 bridgehead atoms. The van der Waals surface area contributed by atoms with Crippen LogP contribution < -0.4 is 5.73 Å². The second-order valence-electron chi connectivity index (χ2n) is 5.53. The Kier molecular flexibility index (Phi) is 4.89. The van der Waals surface area contributed by atoms with Gasteiger partial charge in [-0.3, -0.25) is 4.90 Å². The van der Waals surface area contributed by atoms with E-state index in [4.69, 9.17) is 5.73 Å². The fourth-order valence-electron chi connectivity index (χ4n) is 2.71. The second kappa shape index (κ2) is 6.13. The zero-order valence-corrected chi connectivity index (χ0v) is 14.1. The van der Waals surface area contributed by atoms with Crippen LogP contribution in [0.4, 0.5) is 0 Å². The second-order valence-corrected chi connectivity index (χ2v) is 8.69. The summed E-state index contributed by atoms with van der Waals surface area (Å²) in [7, 11) is -0.838. The molecule has 0 atom stereocenters. The fraction of sp³-hybridized carbons (Fsp3) is 0.571. The summed E-state index contributed by atoms with van der Waals surface area (Å²) in [5.41, 5.74) is 6.95. The molecule has 0 spiro atoms. The topological polar surface area (TPSA) is 63.4 Å². The lowest BCUT2D eigenvalue weighted by Gasteiger charge is -2.44. The number of hydrogen-bond donors (Lipinski definition) is 1. The Bertz CT molecular complexity index is 560. The molecular formula is C14H21BrN2O2S. The van der Waals surface area contributed by atoms with Gasteiger partial charge in [0.15, 0.2) is 0 Å². The minimum Gasteiger partial charge on any atom is -0.329 e. The lowest BCUT2D eigenvalue weighted by atomic mass is 9.90. The molecule has 20 heavy (non-hydrogen) atoms. The third kappa shape index (κ3) is 3.42. The fourth-order valence-corrected chi connectivity index (χ4v) is 4.71. The van der Waals surface area contributed by atoms with E-state index in [1.54, 1.807) is 0 Å². The number of nitrogens with zero attached hydrogens (tertiary/aromatic N) is 1. The number of halogens is 1. The van der Waals surface area contributed by atoms with E-state index < -0.39 is 9.84 Å². The van der Waals surface area contributed by atoms with Crippen molar-refractivity contribution in [2.24, 2.45) is 5.73 Å². The van der Waals surface area contributed by atoms with Crippen LogP contribution in [0.15, 0.2) is 28.7 Å². The molecule has 1 heterocycles. The van der Waals surface area contributed by atoms with E-state index in [1.165, 1.54) is 5.56 Å². The maximum Gasteiger partial charge on any atom is 0.150 e. The third-order valence-corrected chi connectivity index (χ3v) is 6.74. The first-order valence-electron chi connectivity index (χ1n) is 6.74. The van der Waals surface area contributed by atoms with Crippen LogP contribution in [0.3, 0.4) is 0 Å². The van der Waals surface area contributed by atoms with Crippen LogP contribution in [0.1, 0.15) is 18.4 Å². The zero-order valence-electron chi connectivity index (χ0n) is 11.7. The minimum absolute atomic E-state index is 0.208. The highest BCUT2D eigenvalue weighted by Crippen LogP contribution is 2.30. The molecule has 112 valence electrons. The highest BCUT2D eigenvalue weighted by molar-refractivity contribution is 9.10. The van der Waals surface area contributed by atoms with Crippen LogP contribution in [-0.4, -0.2) is 44.0 Å². The van der Waals surface area contributed by atoms with Gasteiger partial charge in [0.05, 0.1) is 11.5 Å². The van der Waals surface area contributed by atoms with Crippen LogP contribution in [0.5, 0.6) is 0 Å². The van der Waals surface area contributed by atoms with Gasteiger partial charge in [0.1, 0.15) is 9.84 Å². The van der Waals surface area contributed by atoms with Gasteiger partial charge in [-0.2, -0.15) is 0 Å². The largest absolute Gasteiger partial charge is 0.329 e. The molecule has 0 aromatic heterocycles. The molecule has 0 aliphatic carbocycles. The summed E-state index contributed by atoms with van der Waals surface area (Å²) in [5, 5.41) is 0. The van der Waals surface area contributed by atoms with Crippen LogP contribution in [-0.2, 0) is 16.4 Å². The summed E-state index contributed by atoms with van der Waals surface area (Å²) in [4.78, 5) is 2.21. The van der Waals surface area contributed by atoms with Crippen molar-refractivity contribution in [3.63, 3.8) is 0 Å². The molecule has 2 N–H and O–H groups in total. The van der Waals surface area contributed by atoms with Gasteiger partial charge in [-0.15, -0.1) is 0 Å². The Morgan fingerprint density at radius 3 is 2.45 bits per heavy atom. The normalized spacial score (nSPS) is 21.0. The average Bonchev–Trinajstić information content (AvgIpc) is 2.42. The molecule has 4 nitrogen and oxygen atoms in total. The number of benzene rings is 1. The first-order valence-corrected chi connectivity index (χ1v) is 9.35. The molecule has 2 rings (SSSR count). The maximum atomic E-state index is 11.6. The number of nitrogens with two attached hydrogens (primary N) is 1. The summed E-state index contributed by atoms with van der Waals surface area (Å²) in [6.45, 7) is 1.25. The van der Waals surface area contributed by atoms with E-state index in [2.05, 4.69) is 26.9 Å². The predicted molar refractivity (Wildman–Crippen MR) is 85.3 cm³/mol. The average molecular weight is 361 g/mol. The van der Waals surface area contributed by atoms with Crippen molar-refractivity contribution in [1.29, 1.82) is 0 Å². The van der Waals surface area contributed by atoms with E-state index in [1.807, 2.05) is 25.2 Å². The summed E-state index contributed by atoms with van der Waals surface area (Å²) in [6, 6.07) is 8.09. The highest BCUT2D eigenvalue weighted by atomic mass is 79.9. The van der Waals surface area contributed by atoms with Gasteiger partial charge < -0.3 is 5.73 Å². The Hall–Kier alpha value is -0.430. The molecular weight excluding hydrogens is 340 g/mol. The zero-order chi connectivity index (χ0) is 14.8. The van der Waals surface area contributed by atoms with Gasteiger partial charge in [0.2, 0.25) is 0 Å². The highest BCUT2D eigenvalue weighted by Gasteiger charge is 2.39. The van der Waals surface area contributed by atoms with Crippen LogP contribution in [0, 0.1) is 0 Å². The molecule has 0 radical (unpaired) electrons. The number of sulfone groups is 1. The van der Waals surface area contributed by atoms with Crippen molar-refractivity contribution in [3.8, 4) is 0 Å². The third-order valence-electron chi connectivity index (χ3n) is 4.31. The van der Waals surface area contributed by atoms with Crippen molar-refractivity contribution >= 4 is 25.8 Å². The Morgan fingerprint density at radius 1 is 1.30 bits per heavy atom. The Balaban J connectivity index is 2.14. The molecule has 0 amide bonds. The summed E-state index contributed by atoms with van der Waals surface area (Å²) < 4.78 is 24.3. The van der Waals surface area contributed by atoms with E-state index in [0.29, 0.717) is 19.4 Å². The molecule has 1 aliphatic heterocycles. The summed E-state index contributed by atoms with van der Waals surface area (Å²) in [5.74, 6) is 0.481. The summed E-state index contributed by atoms with van der Waals surface area (Å²) in [6.07, 6.45) is 1.24. The monoisotopic (exact) mass is 360 g/mol. The van der Waals surface area contributed by atoms with Gasteiger partial charge in [-0.1, -0.05) is 34.1 Å². The first kappa shape index (κ1) is 15.9. The van der Waals surface area contributed by atoms with Crippen molar-refractivity contribution in [2.45, 2.75) is 24.9 Å². The van der Waals surface area contributed by atoms with E-state index in [9.17, 15) is 8.42 Å². The standard InChI is InChI=1S/C14H21BrN2O2S/c1-17(10-12-4-2-3-5-13(12)15)14(11-16)6-8-20(18,19)9-7-14/h2-5H,6-11,16H2,1H3. The maximum absolute atomic E-state index is 11.6. The van der Waals surface area contributed by atoms with Crippen molar-refractivity contribution in [2.75, 3.05) is 25.1 Å². The van der Waals surface area contributed by atoms with Gasteiger partial charge in [0, 0.05) is 23.1 Å². The van der Waals surface area contributed by atoms with Gasteiger partial charge in [0.25, 0.3) is 0 Å². The summed E-state index contributed by atoms with van der Waals surface area (Å²) >= 11 is 3.55. The molecule has 0 saturated carbocycles. The molecule has 6 heteroatoms. The Morgan fingerprint density at radius 2 is 1.90 bits per heavy atom. The minimum atomic E-state index is -2.87. The van der Waals surface area contributed by atoms with E-state index in [-0.39, 0.29) is 17.0 Å². The van der Waals surface area contributed by atoms with Crippen LogP contribution >= 0.6 is 15.9 Å². The molecule has 1 saturated heterocycles. The molecule has 1 aromatic rings. The number of likely N-dealkylation sites (N-methyl/N-ethyl adjacent to an activating group) is 1. The van der Waals surface area contributed by atoms with Gasteiger partial charge in [-0.25, -0.2) is 8.42 Å². The Labute approximate surface area is 129 Å². The number of rotatable bonds is 4. The smallest absolute Gasteiger partial charge is 0.150 e. The van der Waals surface area contributed by atoms with Crippen molar-refractivity contribution in [1.82, 2.24) is 4.90 Å². The molecule has 0 unspecified atom stereocenters. The van der Waals surface area contributed by atoms with Crippen molar-refractivity contribution < 1.29 is 8.42 Å². The first-order chi connectivity index (χ1) is 9.38. The van der Waals surface area contributed by atoms with Gasteiger partial charge >= 0.3 is 0 Å². The van der Waals surface area contributed by atoms with Crippen LogP contribution in [0.2, 0.25) is 0 Å². The predicted octanol–water partition coefficient (Wildman–Crippen LogP) is 1.79. The quantitative estimate of drug-likeness (QED) is 0.888. The van der Waals surface area contributed by atoms with E-state index in [0.717, 1.165) is 11.0 Å². The van der Waals surface area contributed by atoms with Crippen LogP contribution in [0.25, 0.3) is 0 Å². The molecule has 1 aromatic carbocycles. The van der Waals surface area contributed by atoms with Gasteiger partial charge in [-0.05, 0) is 31.5 Å². The molecule has 1 fully saturated rings. The lowest BCUT2D eigenvalue weighted by molar-refractivity contribution is 0.105. The van der Waals surface area contributed by atoms with Crippen molar-refractivity contribution in [3.05, 3.63) is 34.3 Å². The molecule has 1 aliphatic rings.